The third-order valence-electron chi connectivity index (χ3n) is 7.83. The van der Waals surface area contributed by atoms with Crippen molar-refractivity contribution in [2.24, 2.45) is 5.92 Å². The molecule has 2 saturated carbocycles. The average molecular weight is 423 g/mol. The van der Waals surface area contributed by atoms with Crippen LogP contribution in [0.25, 0.3) is 0 Å². The van der Waals surface area contributed by atoms with Crippen molar-refractivity contribution >= 4 is 5.97 Å². The van der Waals surface area contributed by atoms with Gasteiger partial charge in [-0.2, -0.15) is 0 Å². The highest BCUT2D eigenvalue weighted by Crippen LogP contribution is 2.45. The van der Waals surface area contributed by atoms with E-state index in [-0.39, 0.29) is 5.97 Å². The van der Waals surface area contributed by atoms with Gasteiger partial charge in [-0.05, 0) is 79.5 Å². The zero-order valence-corrected chi connectivity index (χ0v) is 19.9. The van der Waals surface area contributed by atoms with Crippen LogP contribution in [0.2, 0.25) is 0 Å². The molecule has 0 unspecified atom stereocenters. The van der Waals surface area contributed by atoms with Gasteiger partial charge in [0.2, 0.25) is 0 Å². The van der Waals surface area contributed by atoms with Crippen LogP contribution in [0.15, 0.2) is 12.1 Å². The third kappa shape index (κ3) is 6.15. The molecule has 0 N–H and O–H groups in total. The number of rotatable bonds is 9. The van der Waals surface area contributed by atoms with Gasteiger partial charge in [0.15, 0.2) is 0 Å². The van der Waals surface area contributed by atoms with Crippen molar-refractivity contribution in [3.63, 3.8) is 0 Å². The molecule has 0 spiro atoms. The van der Waals surface area contributed by atoms with Crippen LogP contribution in [-0.4, -0.2) is 13.1 Å². The first kappa shape index (κ1) is 23.9. The summed E-state index contributed by atoms with van der Waals surface area (Å²) in [5.74, 6) is 4.55. The van der Waals surface area contributed by atoms with Gasteiger partial charge in [-0.3, -0.25) is 0 Å². The van der Waals surface area contributed by atoms with Gasteiger partial charge in [-0.25, -0.2) is 4.79 Å². The maximum atomic E-state index is 12.7. The molecule has 2 heteroatoms. The SMILES string of the molecule is C#Cc1ccc(C(=O)OC)c(C2CCC(CCCCCCC)CC2)c1C1CCCCC1. The van der Waals surface area contributed by atoms with E-state index in [1.54, 1.807) is 0 Å². The molecule has 0 bridgehead atoms. The molecule has 0 heterocycles. The highest BCUT2D eigenvalue weighted by atomic mass is 16.5. The Balaban J connectivity index is 1.79. The van der Waals surface area contributed by atoms with Gasteiger partial charge < -0.3 is 4.74 Å². The smallest absolute Gasteiger partial charge is 0.338 e. The number of ether oxygens (including phenoxy) is 1. The predicted molar refractivity (Wildman–Crippen MR) is 130 cm³/mol. The van der Waals surface area contributed by atoms with Gasteiger partial charge in [0, 0.05) is 5.56 Å². The van der Waals surface area contributed by atoms with Crippen LogP contribution in [0, 0.1) is 18.3 Å². The van der Waals surface area contributed by atoms with Gasteiger partial charge >= 0.3 is 5.97 Å². The minimum absolute atomic E-state index is 0.200. The molecule has 0 aliphatic heterocycles. The monoisotopic (exact) mass is 422 g/mol. The van der Waals surface area contributed by atoms with E-state index in [2.05, 4.69) is 12.8 Å². The lowest BCUT2D eigenvalue weighted by atomic mass is 9.70. The number of carbonyl (C=O) groups excluding carboxylic acids is 1. The van der Waals surface area contributed by atoms with Crippen molar-refractivity contribution in [3.05, 3.63) is 34.4 Å². The Morgan fingerprint density at radius 2 is 1.61 bits per heavy atom. The summed E-state index contributed by atoms with van der Waals surface area (Å²) in [6, 6.07) is 3.92. The lowest BCUT2D eigenvalue weighted by molar-refractivity contribution is 0.0598. The fourth-order valence-electron chi connectivity index (χ4n) is 6.10. The Kier molecular flexibility index (Phi) is 9.51. The van der Waals surface area contributed by atoms with Crippen LogP contribution in [0.5, 0.6) is 0 Å². The number of hydrogen-bond donors (Lipinski definition) is 0. The van der Waals surface area contributed by atoms with E-state index in [0.717, 1.165) is 17.0 Å². The van der Waals surface area contributed by atoms with Gasteiger partial charge in [0.25, 0.3) is 0 Å². The number of unbranched alkanes of at least 4 members (excludes halogenated alkanes) is 4. The van der Waals surface area contributed by atoms with Gasteiger partial charge in [0.1, 0.15) is 0 Å². The average Bonchev–Trinajstić information content (AvgIpc) is 2.83. The first-order valence-corrected chi connectivity index (χ1v) is 12.9. The second-order valence-corrected chi connectivity index (χ2v) is 9.88. The topological polar surface area (TPSA) is 26.3 Å². The molecule has 2 nitrogen and oxygen atoms in total. The number of benzene rings is 1. The summed E-state index contributed by atoms with van der Waals surface area (Å²) in [7, 11) is 1.50. The quantitative estimate of drug-likeness (QED) is 0.228. The van der Waals surface area contributed by atoms with Crippen LogP contribution in [0.3, 0.4) is 0 Å². The van der Waals surface area contributed by atoms with Crippen LogP contribution in [-0.2, 0) is 4.74 Å². The molecule has 2 aliphatic rings. The Bertz CT molecular complexity index is 743. The highest BCUT2D eigenvalue weighted by molar-refractivity contribution is 5.92. The zero-order valence-electron chi connectivity index (χ0n) is 19.9. The van der Waals surface area contributed by atoms with Gasteiger partial charge in [-0.1, -0.05) is 70.6 Å². The molecule has 31 heavy (non-hydrogen) atoms. The van der Waals surface area contributed by atoms with Crippen molar-refractivity contribution in [2.45, 2.75) is 115 Å². The van der Waals surface area contributed by atoms with E-state index >= 15 is 0 Å². The van der Waals surface area contributed by atoms with Gasteiger partial charge in [-0.15, -0.1) is 6.42 Å². The first-order valence-electron chi connectivity index (χ1n) is 12.9. The van der Waals surface area contributed by atoms with E-state index in [1.807, 2.05) is 12.1 Å². The molecule has 2 aliphatic carbocycles. The Morgan fingerprint density at radius 1 is 0.935 bits per heavy atom. The summed E-state index contributed by atoms with van der Waals surface area (Å²) >= 11 is 0. The van der Waals surface area contributed by atoms with Crippen LogP contribution in [0.4, 0.5) is 0 Å². The number of carbonyl (C=O) groups is 1. The number of hydrogen-bond acceptors (Lipinski definition) is 2. The lowest BCUT2D eigenvalue weighted by Crippen LogP contribution is -2.21. The Labute approximate surface area is 190 Å². The van der Waals surface area contributed by atoms with Crippen molar-refractivity contribution in [3.8, 4) is 12.3 Å². The van der Waals surface area contributed by atoms with Crippen molar-refractivity contribution in [1.29, 1.82) is 0 Å². The molecule has 0 atom stereocenters. The van der Waals surface area contributed by atoms with Gasteiger partial charge in [0.05, 0.1) is 12.7 Å². The summed E-state index contributed by atoms with van der Waals surface area (Å²) in [6.07, 6.45) is 25.3. The minimum Gasteiger partial charge on any atom is -0.465 e. The zero-order chi connectivity index (χ0) is 22.1. The molecule has 1 aromatic rings. The molecule has 1 aromatic carbocycles. The molecule has 0 amide bonds. The Hall–Kier alpha value is -1.75. The summed E-state index contributed by atoms with van der Waals surface area (Å²) in [4.78, 5) is 12.7. The molecule has 170 valence electrons. The van der Waals surface area contributed by atoms with Crippen LogP contribution >= 0.6 is 0 Å². The van der Waals surface area contributed by atoms with Crippen molar-refractivity contribution in [2.75, 3.05) is 7.11 Å². The number of esters is 1. The first-order chi connectivity index (χ1) is 15.2. The summed E-state index contributed by atoms with van der Waals surface area (Å²) in [5.41, 5.74) is 4.33. The van der Waals surface area contributed by atoms with E-state index < -0.39 is 0 Å². The predicted octanol–water partition coefficient (Wildman–Crippen LogP) is 8.14. The second kappa shape index (κ2) is 12.3. The molecule has 0 aromatic heterocycles. The summed E-state index contributed by atoms with van der Waals surface area (Å²) in [6.45, 7) is 2.28. The fraction of sp³-hybridized carbons (Fsp3) is 0.690. The fourth-order valence-corrected chi connectivity index (χ4v) is 6.10. The van der Waals surface area contributed by atoms with E-state index in [4.69, 9.17) is 11.2 Å². The van der Waals surface area contributed by atoms with Crippen LogP contribution in [0.1, 0.15) is 142 Å². The van der Waals surface area contributed by atoms with E-state index in [9.17, 15) is 4.79 Å². The molecular weight excluding hydrogens is 380 g/mol. The minimum atomic E-state index is -0.200. The van der Waals surface area contributed by atoms with Crippen LogP contribution < -0.4 is 0 Å². The van der Waals surface area contributed by atoms with Crippen molar-refractivity contribution < 1.29 is 9.53 Å². The molecule has 3 rings (SSSR count). The standard InChI is InChI=1S/C29H42O2/c1-4-6-7-8-10-13-22-16-18-25(19-17-22)28-26(29(30)31-3)21-20-23(5-2)27(28)24-14-11-9-12-15-24/h2,20-22,24-25H,4,6-19H2,1,3H3. The highest BCUT2D eigenvalue weighted by Gasteiger charge is 2.32. The molecule has 0 saturated heterocycles. The summed E-state index contributed by atoms with van der Waals surface area (Å²) < 4.78 is 5.20. The summed E-state index contributed by atoms with van der Waals surface area (Å²) in [5, 5.41) is 0. The third-order valence-corrected chi connectivity index (χ3v) is 7.83. The van der Waals surface area contributed by atoms with Crippen molar-refractivity contribution in [1.82, 2.24) is 0 Å². The molecule has 2 fully saturated rings. The lowest BCUT2D eigenvalue weighted by Gasteiger charge is -2.34. The second-order valence-electron chi connectivity index (χ2n) is 9.88. The van der Waals surface area contributed by atoms with E-state index in [1.165, 1.54) is 115 Å². The molecule has 0 radical (unpaired) electrons. The maximum absolute atomic E-state index is 12.7. The number of methoxy groups -OCH3 is 1. The maximum Gasteiger partial charge on any atom is 0.338 e. The normalized spacial score (nSPS) is 22.1. The Morgan fingerprint density at radius 3 is 2.26 bits per heavy atom. The van der Waals surface area contributed by atoms with E-state index in [0.29, 0.717) is 11.8 Å². The number of terminal acetylenes is 1. The molecular formula is C29H42O2. The largest absolute Gasteiger partial charge is 0.465 e.